The molecule has 3 nitrogen and oxygen atoms in total. The average Bonchev–Trinajstić information content (AvgIpc) is 2.50. The Balaban J connectivity index is 2.23. The summed E-state index contributed by atoms with van der Waals surface area (Å²) in [7, 11) is 0. The van der Waals surface area contributed by atoms with Crippen molar-refractivity contribution in [1.82, 2.24) is 0 Å². The zero-order valence-corrected chi connectivity index (χ0v) is 12.5. The summed E-state index contributed by atoms with van der Waals surface area (Å²) in [5.74, 6) is 0.715. The number of hydrogen-bond acceptors (Lipinski definition) is 3. The number of nitriles is 1. The Morgan fingerprint density at radius 3 is 2.55 bits per heavy atom. The maximum absolute atomic E-state index is 12.0. The molecule has 2 aliphatic rings. The molecule has 0 aromatic rings. The molecule has 1 atom stereocenters. The predicted molar refractivity (Wildman–Crippen MR) is 77.8 cm³/mol. The van der Waals surface area contributed by atoms with Crippen LogP contribution in [0.1, 0.15) is 64.7 Å². The van der Waals surface area contributed by atoms with E-state index in [0.29, 0.717) is 24.0 Å². The molecule has 2 rings (SSSR count). The number of carbonyl (C=O) groups excluding carboxylic acids is 1. The number of allylic oxidation sites excluding steroid dienone is 1. The van der Waals surface area contributed by atoms with Crippen molar-refractivity contribution in [3.8, 4) is 6.07 Å². The fourth-order valence-electron chi connectivity index (χ4n) is 3.86. The summed E-state index contributed by atoms with van der Waals surface area (Å²) in [4.78, 5) is 12.0. The molecule has 0 aromatic carbocycles. The molecule has 2 fully saturated rings. The van der Waals surface area contributed by atoms with Crippen molar-refractivity contribution >= 4 is 5.97 Å². The van der Waals surface area contributed by atoms with Crippen molar-refractivity contribution < 1.29 is 9.53 Å². The van der Waals surface area contributed by atoms with Gasteiger partial charge in [0.25, 0.3) is 0 Å². The molecular formula is C17H25NO2. The van der Waals surface area contributed by atoms with Crippen molar-refractivity contribution in [1.29, 1.82) is 5.26 Å². The summed E-state index contributed by atoms with van der Waals surface area (Å²) in [6.07, 6.45) is 10.8. The van der Waals surface area contributed by atoms with Crippen LogP contribution in [0.3, 0.4) is 0 Å². The highest BCUT2D eigenvalue weighted by atomic mass is 16.5. The third kappa shape index (κ3) is 3.42. The van der Waals surface area contributed by atoms with E-state index >= 15 is 0 Å². The molecule has 0 bridgehead atoms. The SMILES string of the molecule is CCOC(=O)/C(C#N)=C1\CCCCC1C1CCCCC1. The van der Waals surface area contributed by atoms with Crippen LogP contribution >= 0.6 is 0 Å². The molecule has 0 aliphatic heterocycles. The Bertz CT molecular complexity index is 413. The zero-order valence-electron chi connectivity index (χ0n) is 12.5. The second-order valence-corrected chi connectivity index (χ2v) is 5.98. The van der Waals surface area contributed by atoms with E-state index in [-0.39, 0.29) is 0 Å². The number of hydrogen-bond donors (Lipinski definition) is 0. The van der Waals surface area contributed by atoms with Gasteiger partial charge in [-0.15, -0.1) is 0 Å². The van der Waals surface area contributed by atoms with E-state index in [0.717, 1.165) is 24.8 Å². The monoisotopic (exact) mass is 275 g/mol. The molecule has 0 N–H and O–H groups in total. The molecule has 110 valence electrons. The average molecular weight is 275 g/mol. The first kappa shape index (κ1) is 15.1. The maximum atomic E-state index is 12.0. The largest absolute Gasteiger partial charge is 0.462 e. The molecule has 0 radical (unpaired) electrons. The van der Waals surface area contributed by atoms with Gasteiger partial charge in [0.05, 0.1) is 6.61 Å². The molecule has 20 heavy (non-hydrogen) atoms. The quantitative estimate of drug-likeness (QED) is 0.442. The van der Waals surface area contributed by atoms with Gasteiger partial charge in [-0.2, -0.15) is 5.26 Å². The Hall–Kier alpha value is -1.30. The fourth-order valence-corrected chi connectivity index (χ4v) is 3.86. The van der Waals surface area contributed by atoms with Crippen LogP contribution in [0.25, 0.3) is 0 Å². The van der Waals surface area contributed by atoms with Crippen molar-refractivity contribution in [2.45, 2.75) is 64.7 Å². The minimum Gasteiger partial charge on any atom is -0.462 e. The second kappa shape index (κ2) is 7.47. The van der Waals surface area contributed by atoms with Gasteiger partial charge in [-0.25, -0.2) is 4.79 Å². The summed E-state index contributed by atoms with van der Waals surface area (Å²) >= 11 is 0. The summed E-state index contributed by atoms with van der Waals surface area (Å²) < 4.78 is 5.06. The molecule has 0 spiro atoms. The Labute approximate surface area is 122 Å². The summed E-state index contributed by atoms with van der Waals surface area (Å²) in [6, 6.07) is 2.13. The van der Waals surface area contributed by atoms with E-state index in [1.165, 1.54) is 38.5 Å². The topological polar surface area (TPSA) is 50.1 Å². The number of nitrogens with zero attached hydrogens (tertiary/aromatic N) is 1. The highest BCUT2D eigenvalue weighted by Gasteiger charge is 2.32. The lowest BCUT2D eigenvalue weighted by Gasteiger charge is -2.35. The van der Waals surface area contributed by atoms with Crippen molar-refractivity contribution in [3.05, 3.63) is 11.1 Å². The lowest BCUT2D eigenvalue weighted by Crippen LogP contribution is -2.25. The number of ether oxygens (including phenoxy) is 1. The standard InChI is InChI=1S/C17H25NO2/c1-2-20-17(19)16(12-18)15-11-7-6-10-14(15)13-8-4-3-5-9-13/h13-14H,2-11H2,1H3/b16-15+. The maximum Gasteiger partial charge on any atom is 0.348 e. The Morgan fingerprint density at radius 1 is 1.20 bits per heavy atom. The van der Waals surface area contributed by atoms with Crippen LogP contribution in [0, 0.1) is 23.2 Å². The number of rotatable bonds is 3. The van der Waals surface area contributed by atoms with Crippen LogP contribution in [-0.2, 0) is 9.53 Å². The van der Waals surface area contributed by atoms with Gasteiger partial charge in [0.15, 0.2) is 0 Å². The van der Waals surface area contributed by atoms with Gasteiger partial charge in [0.2, 0.25) is 0 Å². The number of esters is 1. The predicted octanol–water partition coefficient (Wildman–Crippen LogP) is 4.14. The summed E-state index contributed by atoms with van der Waals surface area (Å²) in [5.41, 5.74) is 1.41. The van der Waals surface area contributed by atoms with Crippen molar-refractivity contribution in [2.24, 2.45) is 11.8 Å². The van der Waals surface area contributed by atoms with Crippen molar-refractivity contribution in [3.63, 3.8) is 0 Å². The van der Waals surface area contributed by atoms with Gasteiger partial charge in [-0.05, 0) is 56.4 Å². The molecule has 0 heterocycles. The minimum atomic E-state index is -0.410. The van der Waals surface area contributed by atoms with E-state index in [1.54, 1.807) is 6.92 Å². The molecule has 1 unspecified atom stereocenters. The van der Waals surface area contributed by atoms with Crippen LogP contribution in [0.5, 0.6) is 0 Å². The lowest BCUT2D eigenvalue weighted by molar-refractivity contribution is -0.138. The van der Waals surface area contributed by atoms with Crippen LogP contribution in [0.15, 0.2) is 11.1 Å². The highest BCUT2D eigenvalue weighted by Crippen LogP contribution is 2.42. The molecule has 3 heteroatoms. The van der Waals surface area contributed by atoms with Crippen LogP contribution in [0.4, 0.5) is 0 Å². The Morgan fingerprint density at radius 2 is 1.90 bits per heavy atom. The van der Waals surface area contributed by atoms with Gasteiger partial charge in [-0.1, -0.05) is 25.7 Å². The molecule has 0 aromatic heterocycles. The first-order chi connectivity index (χ1) is 9.77. The first-order valence-electron chi connectivity index (χ1n) is 8.08. The van der Waals surface area contributed by atoms with Gasteiger partial charge in [-0.3, -0.25) is 0 Å². The van der Waals surface area contributed by atoms with Crippen LogP contribution in [0.2, 0.25) is 0 Å². The first-order valence-corrected chi connectivity index (χ1v) is 8.08. The normalized spacial score (nSPS) is 26.7. The third-order valence-electron chi connectivity index (χ3n) is 4.79. The zero-order chi connectivity index (χ0) is 14.4. The smallest absolute Gasteiger partial charge is 0.348 e. The highest BCUT2D eigenvalue weighted by molar-refractivity contribution is 5.93. The molecule has 0 saturated heterocycles. The second-order valence-electron chi connectivity index (χ2n) is 5.98. The summed E-state index contributed by atoms with van der Waals surface area (Å²) in [5, 5.41) is 9.38. The van der Waals surface area contributed by atoms with E-state index in [4.69, 9.17) is 4.74 Å². The molecule has 2 aliphatic carbocycles. The fraction of sp³-hybridized carbons (Fsp3) is 0.765. The lowest BCUT2D eigenvalue weighted by atomic mass is 9.70. The molecule has 0 amide bonds. The van der Waals surface area contributed by atoms with E-state index < -0.39 is 5.97 Å². The van der Waals surface area contributed by atoms with Gasteiger partial charge in [0, 0.05) is 0 Å². The van der Waals surface area contributed by atoms with E-state index in [2.05, 4.69) is 6.07 Å². The van der Waals surface area contributed by atoms with Gasteiger partial charge in [0.1, 0.15) is 11.6 Å². The molecule has 2 saturated carbocycles. The van der Waals surface area contributed by atoms with Crippen LogP contribution < -0.4 is 0 Å². The van der Waals surface area contributed by atoms with Gasteiger partial charge >= 0.3 is 5.97 Å². The number of carbonyl (C=O) groups is 1. The van der Waals surface area contributed by atoms with E-state index in [9.17, 15) is 10.1 Å². The summed E-state index contributed by atoms with van der Waals surface area (Å²) in [6.45, 7) is 2.13. The van der Waals surface area contributed by atoms with E-state index in [1.807, 2.05) is 0 Å². The van der Waals surface area contributed by atoms with Crippen LogP contribution in [-0.4, -0.2) is 12.6 Å². The minimum absolute atomic E-state index is 0.308. The Kier molecular flexibility index (Phi) is 5.64. The molecular weight excluding hydrogens is 250 g/mol. The van der Waals surface area contributed by atoms with Crippen molar-refractivity contribution in [2.75, 3.05) is 6.61 Å². The third-order valence-corrected chi connectivity index (χ3v) is 4.79. The van der Waals surface area contributed by atoms with Gasteiger partial charge < -0.3 is 4.74 Å².